The van der Waals surface area contributed by atoms with E-state index in [2.05, 4.69) is 37.0 Å². The number of fused-ring (bicyclic) bond motifs is 2. The molecule has 30 heavy (non-hydrogen) atoms. The summed E-state index contributed by atoms with van der Waals surface area (Å²) < 4.78 is 6.32. The SMILES string of the molecule is CCc1n[nH]c2c1CN(C(=O)[C@@H]1[C@@H]3C=C[C@@]4(CN(CC(CC)CC)C(=O)[C@@H]14)O3)CC2. The first-order valence-corrected chi connectivity index (χ1v) is 11.5. The summed E-state index contributed by atoms with van der Waals surface area (Å²) in [6, 6.07) is 0. The van der Waals surface area contributed by atoms with Crippen molar-refractivity contribution in [3.05, 3.63) is 29.1 Å². The first kappa shape index (κ1) is 19.8. The van der Waals surface area contributed by atoms with E-state index in [9.17, 15) is 9.59 Å². The summed E-state index contributed by atoms with van der Waals surface area (Å²) >= 11 is 0. The standard InChI is InChI=1S/C23H32N4O3/c1-4-14(5-2)11-27-13-23-9-7-18(30-23)19(20(23)22(27)29)21(28)26-10-8-17-15(12-26)16(6-3)24-25-17/h7,9,14,18-20H,4-6,8,10-13H2,1-3H3,(H,24,25)/t18-,19+,20+,23-/m0/s1. The third-order valence-electron chi connectivity index (χ3n) is 7.76. The van der Waals surface area contributed by atoms with Crippen LogP contribution in [0, 0.1) is 17.8 Å². The van der Waals surface area contributed by atoms with Crippen LogP contribution in [0.1, 0.15) is 50.6 Å². The van der Waals surface area contributed by atoms with Gasteiger partial charge in [0.05, 0.1) is 30.2 Å². The van der Waals surface area contributed by atoms with Gasteiger partial charge in [0.25, 0.3) is 0 Å². The Bertz CT molecular complexity index is 876. The van der Waals surface area contributed by atoms with Gasteiger partial charge in [-0.15, -0.1) is 0 Å². The molecule has 4 atom stereocenters. The van der Waals surface area contributed by atoms with Crippen molar-refractivity contribution in [2.45, 2.75) is 64.7 Å². The number of carbonyl (C=O) groups excluding carboxylic acids is 2. The van der Waals surface area contributed by atoms with Gasteiger partial charge in [-0.2, -0.15) is 5.10 Å². The maximum Gasteiger partial charge on any atom is 0.230 e. The Kier molecular flexibility index (Phi) is 4.76. The van der Waals surface area contributed by atoms with Crippen molar-refractivity contribution in [1.29, 1.82) is 0 Å². The Morgan fingerprint density at radius 1 is 1.37 bits per heavy atom. The highest BCUT2D eigenvalue weighted by Gasteiger charge is 2.67. The van der Waals surface area contributed by atoms with Gasteiger partial charge in [-0.05, 0) is 12.3 Å². The second-order valence-electron chi connectivity index (χ2n) is 9.29. The second kappa shape index (κ2) is 7.22. The molecule has 0 unspecified atom stereocenters. The van der Waals surface area contributed by atoms with Gasteiger partial charge in [0, 0.05) is 37.3 Å². The molecule has 1 aromatic rings. The summed E-state index contributed by atoms with van der Waals surface area (Å²) in [6.45, 7) is 9.01. The molecule has 1 spiro atoms. The smallest absolute Gasteiger partial charge is 0.230 e. The molecule has 7 heteroatoms. The average molecular weight is 413 g/mol. The van der Waals surface area contributed by atoms with Crippen LogP contribution in [0.25, 0.3) is 0 Å². The van der Waals surface area contributed by atoms with E-state index in [1.165, 1.54) is 0 Å². The lowest BCUT2D eigenvalue weighted by molar-refractivity contribution is -0.144. The van der Waals surface area contributed by atoms with Crippen molar-refractivity contribution < 1.29 is 14.3 Å². The minimum atomic E-state index is -0.612. The van der Waals surface area contributed by atoms with Crippen molar-refractivity contribution >= 4 is 11.8 Å². The number of carbonyl (C=O) groups is 2. The lowest BCUT2D eigenvalue weighted by Gasteiger charge is -2.32. The van der Waals surface area contributed by atoms with Crippen LogP contribution >= 0.6 is 0 Å². The van der Waals surface area contributed by atoms with Gasteiger partial charge in [0.1, 0.15) is 5.60 Å². The summed E-state index contributed by atoms with van der Waals surface area (Å²) in [5.41, 5.74) is 2.72. The van der Waals surface area contributed by atoms with Gasteiger partial charge in [-0.1, -0.05) is 45.8 Å². The van der Waals surface area contributed by atoms with Crippen molar-refractivity contribution in [2.75, 3.05) is 19.6 Å². The highest BCUT2D eigenvalue weighted by Crippen LogP contribution is 2.52. The number of amides is 2. The number of aryl methyl sites for hydroxylation is 1. The van der Waals surface area contributed by atoms with E-state index in [4.69, 9.17) is 4.74 Å². The number of aromatic amines is 1. The van der Waals surface area contributed by atoms with Gasteiger partial charge in [0.2, 0.25) is 11.8 Å². The van der Waals surface area contributed by atoms with Crippen molar-refractivity contribution in [3.8, 4) is 0 Å². The van der Waals surface area contributed by atoms with Crippen molar-refractivity contribution in [3.63, 3.8) is 0 Å². The van der Waals surface area contributed by atoms with E-state index < -0.39 is 11.5 Å². The number of aromatic nitrogens is 2. The van der Waals surface area contributed by atoms with Gasteiger partial charge in [0.15, 0.2) is 0 Å². The molecule has 162 valence electrons. The monoisotopic (exact) mass is 412 g/mol. The fraction of sp³-hybridized carbons (Fsp3) is 0.696. The Morgan fingerprint density at radius 2 is 2.17 bits per heavy atom. The molecule has 0 saturated carbocycles. The number of rotatable bonds is 6. The summed E-state index contributed by atoms with van der Waals surface area (Å²) in [6.07, 6.45) is 7.53. The highest BCUT2D eigenvalue weighted by molar-refractivity contribution is 5.93. The molecular weight excluding hydrogens is 380 g/mol. The molecule has 0 aliphatic carbocycles. The fourth-order valence-electron chi connectivity index (χ4n) is 5.92. The first-order chi connectivity index (χ1) is 14.5. The number of hydrogen-bond acceptors (Lipinski definition) is 4. The lowest BCUT2D eigenvalue weighted by Crippen LogP contribution is -2.47. The maximum atomic E-state index is 13.7. The molecule has 1 N–H and O–H groups in total. The second-order valence-corrected chi connectivity index (χ2v) is 9.29. The largest absolute Gasteiger partial charge is 0.360 e. The number of ether oxygens (including phenoxy) is 1. The summed E-state index contributed by atoms with van der Waals surface area (Å²) in [5.74, 6) is -0.141. The average Bonchev–Trinajstić information content (AvgIpc) is 3.50. The zero-order valence-corrected chi connectivity index (χ0v) is 18.2. The van der Waals surface area contributed by atoms with E-state index in [-0.39, 0.29) is 23.8 Å². The molecule has 5 rings (SSSR count). The lowest BCUT2D eigenvalue weighted by atomic mass is 9.76. The Labute approximate surface area is 177 Å². The van der Waals surface area contributed by atoms with E-state index >= 15 is 0 Å². The minimum absolute atomic E-state index is 0.0582. The quantitative estimate of drug-likeness (QED) is 0.726. The molecule has 2 amide bonds. The Morgan fingerprint density at radius 3 is 2.90 bits per heavy atom. The van der Waals surface area contributed by atoms with Crippen LogP contribution in [-0.2, 0) is 33.7 Å². The van der Waals surface area contributed by atoms with Crippen molar-refractivity contribution in [1.82, 2.24) is 20.0 Å². The number of hydrogen-bond donors (Lipinski definition) is 1. The fourth-order valence-corrected chi connectivity index (χ4v) is 5.92. The molecule has 1 aromatic heterocycles. The number of H-pyrrole nitrogens is 1. The van der Waals surface area contributed by atoms with E-state index in [0.29, 0.717) is 25.6 Å². The first-order valence-electron chi connectivity index (χ1n) is 11.5. The van der Waals surface area contributed by atoms with Crippen LogP contribution in [-0.4, -0.2) is 63.2 Å². The Hall–Kier alpha value is -2.15. The Balaban J connectivity index is 1.37. The summed E-state index contributed by atoms with van der Waals surface area (Å²) in [5, 5.41) is 7.53. The molecule has 0 aromatic carbocycles. The topological polar surface area (TPSA) is 78.5 Å². The van der Waals surface area contributed by atoms with Gasteiger partial charge < -0.3 is 14.5 Å². The predicted octanol–water partition coefficient (Wildman–Crippen LogP) is 2.07. The number of likely N-dealkylation sites (tertiary alicyclic amines) is 1. The molecule has 2 bridgehead atoms. The summed E-state index contributed by atoms with van der Waals surface area (Å²) in [7, 11) is 0. The van der Waals surface area contributed by atoms with E-state index in [1.54, 1.807) is 0 Å². The summed E-state index contributed by atoms with van der Waals surface area (Å²) in [4.78, 5) is 31.0. The van der Waals surface area contributed by atoms with Crippen LogP contribution in [0.3, 0.4) is 0 Å². The van der Waals surface area contributed by atoms with E-state index in [0.717, 1.165) is 49.2 Å². The zero-order valence-electron chi connectivity index (χ0n) is 18.2. The van der Waals surface area contributed by atoms with Crippen LogP contribution in [0.2, 0.25) is 0 Å². The molecule has 4 aliphatic heterocycles. The minimum Gasteiger partial charge on any atom is -0.360 e. The van der Waals surface area contributed by atoms with Gasteiger partial charge >= 0.3 is 0 Å². The van der Waals surface area contributed by atoms with Crippen LogP contribution in [0.15, 0.2) is 12.2 Å². The predicted molar refractivity (Wildman–Crippen MR) is 111 cm³/mol. The molecular formula is C23H32N4O3. The molecule has 2 fully saturated rings. The maximum absolute atomic E-state index is 13.7. The third kappa shape index (κ3) is 2.77. The normalized spacial score (nSPS) is 31.7. The van der Waals surface area contributed by atoms with E-state index in [1.807, 2.05) is 15.9 Å². The molecule has 7 nitrogen and oxygen atoms in total. The molecule has 2 saturated heterocycles. The van der Waals surface area contributed by atoms with Gasteiger partial charge in [-0.3, -0.25) is 14.7 Å². The van der Waals surface area contributed by atoms with Crippen LogP contribution < -0.4 is 0 Å². The third-order valence-corrected chi connectivity index (χ3v) is 7.76. The molecule has 0 radical (unpaired) electrons. The van der Waals surface area contributed by atoms with Crippen molar-refractivity contribution in [2.24, 2.45) is 17.8 Å². The number of nitrogens with zero attached hydrogens (tertiary/aromatic N) is 3. The van der Waals surface area contributed by atoms with Crippen LogP contribution in [0.5, 0.6) is 0 Å². The van der Waals surface area contributed by atoms with Crippen LogP contribution in [0.4, 0.5) is 0 Å². The molecule has 5 heterocycles. The highest BCUT2D eigenvalue weighted by atomic mass is 16.5. The number of nitrogens with one attached hydrogen (secondary N) is 1. The molecule has 4 aliphatic rings. The zero-order chi connectivity index (χ0) is 21.0. The van der Waals surface area contributed by atoms with Gasteiger partial charge in [-0.25, -0.2) is 0 Å².